The van der Waals surface area contributed by atoms with Gasteiger partial charge in [-0.05, 0) is 69.0 Å². The maximum absolute atomic E-state index is 13.3. The van der Waals surface area contributed by atoms with Crippen molar-refractivity contribution < 1.29 is 4.79 Å². The largest absolute Gasteiger partial charge is 0.341 e. The van der Waals surface area contributed by atoms with E-state index in [2.05, 4.69) is 63.0 Å². The molecule has 0 radical (unpaired) electrons. The van der Waals surface area contributed by atoms with E-state index in [1.54, 1.807) is 4.90 Å². The number of aromatic nitrogens is 3. The van der Waals surface area contributed by atoms with Crippen molar-refractivity contribution in [2.24, 2.45) is 0 Å². The van der Waals surface area contributed by atoms with Crippen molar-refractivity contribution >= 4 is 29.3 Å². The lowest BCUT2D eigenvalue weighted by Crippen LogP contribution is -2.33. The van der Waals surface area contributed by atoms with Gasteiger partial charge in [-0.25, -0.2) is 0 Å². The van der Waals surface area contributed by atoms with Gasteiger partial charge in [-0.3, -0.25) is 9.36 Å². The van der Waals surface area contributed by atoms with Gasteiger partial charge in [0.2, 0.25) is 11.9 Å². The second kappa shape index (κ2) is 10.7. The second-order valence-electron chi connectivity index (χ2n) is 8.74. The fourth-order valence-electron chi connectivity index (χ4n) is 4.27. The van der Waals surface area contributed by atoms with Gasteiger partial charge >= 0.3 is 0 Å². The van der Waals surface area contributed by atoms with Crippen LogP contribution in [-0.2, 0) is 4.79 Å². The van der Waals surface area contributed by atoms with E-state index in [4.69, 9.17) is 5.26 Å². The molecule has 7 nitrogen and oxygen atoms in total. The summed E-state index contributed by atoms with van der Waals surface area (Å²) >= 11 is 1.39. The molecule has 0 atom stereocenters. The lowest BCUT2D eigenvalue weighted by molar-refractivity contribution is -0.116. The Balaban J connectivity index is 1.59. The third-order valence-corrected chi connectivity index (χ3v) is 6.80. The average molecular weight is 475 g/mol. The molecule has 8 heteroatoms. The highest BCUT2D eigenvalue weighted by Crippen LogP contribution is 2.29. The zero-order chi connectivity index (χ0) is 24.1. The number of nitrogens with zero attached hydrogens (tertiary/aromatic N) is 6. The van der Waals surface area contributed by atoms with Gasteiger partial charge in [0.15, 0.2) is 5.16 Å². The second-order valence-corrected chi connectivity index (χ2v) is 9.68. The predicted octanol–water partition coefficient (Wildman–Crippen LogP) is 4.83. The summed E-state index contributed by atoms with van der Waals surface area (Å²) in [4.78, 5) is 17.3. The van der Waals surface area contributed by atoms with Crippen LogP contribution in [0.5, 0.6) is 0 Å². The Morgan fingerprint density at radius 1 is 1.03 bits per heavy atom. The zero-order valence-corrected chi connectivity index (χ0v) is 20.8. The maximum Gasteiger partial charge on any atom is 0.237 e. The van der Waals surface area contributed by atoms with E-state index in [1.165, 1.54) is 17.3 Å². The molecule has 1 aromatic heterocycles. The highest BCUT2D eigenvalue weighted by atomic mass is 32.2. The maximum atomic E-state index is 13.3. The zero-order valence-electron chi connectivity index (χ0n) is 20.0. The van der Waals surface area contributed by atoms with Crippen molar-refractivity contribution in [3.63, 3.8) is 0 Å². The number of rotatable bonds is 8. The third kappa shape index (κ3) is 5.42. The molecule has 1 fully saturated rings. The van der Waals surface area contributed by atoms with Crippen molar-refractivity contribution in [2.75, 3.05) is 35.2 Å². The fourth-order valence-corrected chi connectivity index (χ4v) is 5.09. The smallest absolute Gasteiger partial charge is 0.237 e. The first-order valence-electron chi connectivity index (χ1n) is 11.6. The summed E-state index contributed by atoms with van der Waals surface area (Å²) in [6.45, 7) is 8.38. The van der Waals surface area contributed by atoms with Crippen molar-refractivity contribution in [3.8, 4) is 11.8 Å². The number of carbonyl (C=O) groups is 1. The molecule has 1 saturated heterocycles. The van der Waals surface area contributed by atoms with E-state index in [0.717, 1.165) is 54.4 Å². The number of anilines is 2. The number of nitriles is 1. The first-order valence-corrected chi connectivity index (χ1v) is 12.6. The van der Waals surface area contributed by atoms with Crippen molar-refractivity contribution in [3.05, 3.63) is 59.2 Å². The Kier molecular flexibility index (Phi) is 7.53. The van der Waals surface area contributed by atoms with Gasteiger partial charge in [-0.15, -0.1) is 10.2 Å². The van der Waals surface area contributed by atoms with Gasteiger partial charge in [0.05, 0.1) is 23.9 Å². The van der Waals surface area contributed by atoms with Crippen molar-refractivity contribution in [1.82, 2.24) is 14.8 Å². The standard InChI is InChI=1S/C26H30N6OS/c1-19-7-9-22(10-8-19)32-25(30-12-4-5-13-30)28-29-26(32)34-18-24(33)31(14-6-11-27)23-16-20(2)15-21(3)17-23/h7-10,15-17H,4-6,12-14,18H2,1-3H3. The van der Waals surface area contributed by atoms with E-state index >= 15 is 0 Å². The number of hydrogen-bond donors (Lipinski definition) is 0. The van der Waals surface area contributed by atoms with Crippen LogP contribution in [0.4, 0.5) is 11.6 Å². The van der Waals surface area contributed by atoms with Crippen LogP contribution in [0.15, 0.2) is 47.6 Å². The summed E-state index contributed by atoms with van der Waals surface area (Å²) in [5.74, 6) is 0.987. The molecule has 1 amide bonds. The van der Waals surface area contributed by atoms with Crippen LogP contribution >= 0.6 is 11.8 Å². The highest BCUT2D eigenvalue weighted by Gasteiger charge is 2.24. The lowest BCUT2D eigenvalue weighted by Gasteiger charge is -2.23. The topological polar surface area (TPSA) is 78.0 Å². The summed E-state index contributed by atoms with van der Waals surface area (Å²) in [6.07, 6.45) is 2.57. The molecule has 176 valence electrons. The minimum Gasteiger partial charge on any atom is -0.341 e. The Morgan fingerprint density at radius 2 is 1.71 bits per heavy atom. The van der Waals surface area contributed by atoms with Crippen LogP contribution < -0.4 is 9.80 Å². The van der Waals surface area contributed by atoms with Crippen LogP contribution in [-0.4, -0.2) is 46.1 Å². The van der Waals surface area contributed by atoms with Gasteiger partial charge < -0.3 is 9.80 Å². The Hall–Kier alpha value is -3.31. The predicted molar refractivity (Wildman–Crippen MR) is 137 cm³/mol. The molecule has 0 saturated carbocycles. The molecule has 3 aromatic rings. The Bertz CT molecular complexity index is 1170. The summed E-state index contributed by atoms with van der Waals surface area (Å²) in [7, 11) is 0. The van der Waals surface area contributed by atoms with Gasteiger partial charge in [0.1, 0.15) is 0 Å². The SMILES string of the molecule is Cc1ccc(-n2c(SCC(=O)N(CCC#N)c3cc(C)cc(C)c3)nnc2N2CCCC2)cc1. The number of amides is 1. The average Bonchev–Trinajstić information content (AvgIpc) is 3.48. The van der Waals surface area contributed by atoms with Crippen LogP contribution in [0.1, 0.15) is 36.0 Å². The fraction of sp³-hybridized carbons (Fsp3) is 0.385. The quantitative estimate of drug-likeness (QED) is 0.435. The molecule has 0 aliphatic carbocycles. The van der Waals surface area contributed by atoms with Gasteiger partial charge in [0, 0.05) is 25.3 Å². The molecule has 0 spiro atoms. The van der Waals surface area contributed by atoms with E-state index < -0.39 is 0 Å². The Morgan fingerprint density at radius 3 is 2.35 bits per heavy atom. The van der Waals surface area contributed by atoms with E-state index in [1.807, 2.05) is 26.0 Å². The van der Waals surface area contributed by atoms with E-state index in [0.29, 0.717) is 11.7 Å². The molecular formula is C26H30N6OS. The summed E-state index contributed by atoms with van der Waals surface area (Å²) in [5.41, 5.74) is 5.18. The molecule has 0 unspecified atom stereocenters. The van der Waals surface area contributed by atoms with Crippen molar-refractivity contribution in [2.45, 2.75) is 45.2 Å². The molecule has 2 heterocycles. The first kappa shape index (κ1) is 23.8. The molecule has 1 aliphatic rings. The monoisotopic (exact) mass is 474 g/mol. The van der Waals surface area contributed by atoms with Crippen LogP contribution in [0, 0.1) is 32.1 Å². The van der Waals surface area contributed by atoms with E-state index in [-0.39, 0.29) is 18.1 Å². The van der Waals surface area contributed by atoms with Crippen LogP contribution in [0.3, 0.4) is 0 Å². The molecule has 1 aliphatic heterocycles. The third-order valence-electron chi connectivity index (χ3n) is 5.89. The lowest BCUT2D eigenvalue weighted by atomic mass is 10.1. The van der Waals surface area contributed by atoms with Crippen LogP contribution in [0.25, 0.3) is 5.69 Å². The van der Waals surface area contributed by atoms with Gasteiger partial charge in [0.25, 0.3) is 0 Å². The van der Waals surface area contributed by atoms with E-state index in [9.17, 15) is 4.79 Å². The molecule has 34 heavy (non-hydrogen) atoms. The van der Waals surface area contributed by atoms with Gasteiger partial charge in [-0.1, -0.05) is 35.5 Å². The molecule has 4 rings (SSSR count). The molecule has 2 aromatic carbocycles. The van der Waals surface area contributed by atoms with Crippen LogP contribution in [0.2, 0.25) is 0 Å². The number of benzene rings is 2. The normalized spacial score (nSPS) is 13.2. The molecule has 0 bridgehead atoms. The minimum absolute atomic E-state index is 0.0496. The summed E-state index contributed by atoms with van der Waals surface area (Å²) in [5, 5.41) is 18.8. The molecule has 0 N–H and O–H groups in total. The summed E-state index contributed by atoms with van der Waals surface area (Å²) in [6, 6.07) is 16.5. The summed E-state index contributed by atoms with van der Waals surface area (Å²) < 4.78 is 2.05. The number of thioether (sulfide) groups is 1. The number of hydrogen-bond acceptors (Lipinski definition) is 6. The van der Waals surface area contributed by atoms with Crippen molar-refractivity contribution in [1.29, 1.82) is 5.26 Å². The van der Waals surface area contributed by atoms with Gasteiger partial charge in [-0.2, -0.15) is 5.26 Å². The minimum atomic E-state index is -0.0496. The molecular weight excluding hydrogens is 444 g/mol. The first-order chi connectivity index (χ1) is 16.5. The Labute approximate surface area is 205 Å². The highest BCUT2D eigenvalue weighted by molar-refractivity contribution is 7.99. The number of aryl methyl sites for hydroxylation is 3. The number of carbonyl (C=O) groups excluding carboxylic acids is 1.